The molecule has 1 saturated carbocycles. The molecule has 7 rings (SSSR count). The minimum Gasteiger partial charge on any atom is -0.505 e. The van der Waals surface area contributed by atoms with Crippen molar-refractivity contribution in [2.24, 2.45) is 29.6 Å². The van der Waals surface area contributed by atoms with Crippen molar-refractivity contribution in [3.63, 3.8) is 0 Å². The molecular formula is C36H29FN2O7. The normalized spacial score (nSPS) is 26.9. The lowest BCUT2D eigenvalue weighted by Crippen LogP contribution is -2.43. The van der Waals surface area contributed by atoms with Crippen molar-refractivity contribution >= 4 is 46.6 Å². The van der Waals surface area contributed by atoms with Gasteiger partial charge in [-0.25, -0.2) is 4.39 Å². The molecule has 46 heavy (non-hydrogen) atoms. The molecule has 4 aliphatic rings. The van der Waals surface area contributed by atoms with Crippen LogP contribution in [-0.2, 0) is 19.2 Å². The van der Waals surface area contributed by atoms with Gasteiger partial charge in [0.1, 0.15) is 0 Å². The van der Waals surface area contributed by atoms with Gasteiger partial charge >= 0.3 is 0 Å². The van der Waals surface area contributed by atoms with Gasteiger partial charge in [0.2, 0.25) is 23.6 Å². The van der Waals surface area contributed by atoms with Crippen LogP contribution < -0.4 is 9.80 Å². The molecule has 9 nitrogen and oxygen atoms in total. The number of aromatic hydroxyl groups is 1. The molecule has 3 fully saturated rings. The summed E-state index contributed by atoms with van der Waals surface area (Å²) < 4.78 is 14.8. The maximum absolute atomic E-state index is 14.8. The van der Waals surface area contributed by atoms with Crippen molar-refractivity contribution in [2.45, 2.75) is 32.6 Å². The van der Waals surface area contributed by atoms with Crippen LogP contribution in [0.25, 0.3) is 0 Å². The highest BCUT2D eigenvalue weighted by Gasteiger charge is 2.62. The van der Waals surface area contributed by atoms with Crippen molar-refractivity contribution in [3.8, 4) is 5.75 Å². The highest BCUT2D eigenvalue weighted by atomic mass is 19.1. The number of phenols is 1. The van der Waals surface area contributed by atoms with Gasteiger partial charge in [0.15, 0.2) is 23.1 Å². The Labute approximate surface area is 263 Å². The van der Waals surface area contributed by atoms with E-state index in [0.29, 0.717) is 33.6 Å². The first-order chi connectivity index (χ1) is 22.0. The molecule has 1 N–H and O–H groups in total. The van der Waals surface area contributed by atoms with Crippen molar-refractivity contribution in [3.05, 3.63) is 101 Å². The zero-order chi connectivity index (χ0) is 32.6. The second-order valence-electron chi connectivity index (χ2n) is 12.5. The number of anilines is 2. The predicted octanol–water partition coefficient (Wildman–Crippen LogP) is 4.98. The molecule has 0 bridgehead atoms. The molecule has 6 unspecified atom stereocenters. The summed E-state index contributed by atoms with van der Waals surface area (Å²) in [6.45, 7) is 2.84. The SMILES string of the molecule is CC(=O)c1ccc(N2C(=O)C3CC=C4C(CC5C(=O)N(c6ccc(C(C)=O)cc6)C(=O)C5C4c4ccc(O)c(F)c4)C3C2=O)cc1. The minimum absolute atomic E-state index is 0.136. The fourth-order valence-corrected chi connectivity index (χ4v) is 7.88. The Morgan fingerprint density at radius 2 is 1.22 bits per heavy atom. The number of imide groups is 2. The maximum Gasteiger partial charge on any atom is 0.238 e. The summed E-state index contributed by atoms with van der Waals surface area (Å²) in [7, 11) is 0. The summed E-state index contributed by atoms with van der Waals surface area (Å²) in [5, 5.41) is 9.93. The van der Waals surface area contributed by atoms with Crippen LogP contribution in [0, 0.1) is 35.4 Å². The number of amides is 4. The van der Waals surface area contributed by atoms with Crippen LogP contribution in [-0.4, -0.2) is 40.3 Å². The Balaban J connectivity index is 1.30. The number of nitrogens with zero attached hydrogens (tertiary/aromatic N) is 2. The van der Waals surface area contributed by atoms with E-state index in [9.17, 15) is 38.3 Å². The molecule has 0 radical (unpaired) electrons. The molecule has 0 spiro atoms. The van der Waals surface area contributed by atoms with Crippen LogP contribution >= 0.6 is 0 Å². The summed E-state index contributed by atoms with van der Waals surface area (Å²) in [4.78, 5) is 81.9. The van der Waals surface area contributed by atoms with Gasteiger partial charge < -0.3 is 5.11 Å². The molecule has 3 aromatic rings. The van der Waals surface area contributed by atoms with Crippen LogP contribution in [0.3, 0.4) is 0 Å². The fourth-order valence-electron chi connectivity index (χ4n) is 7.88. The topological polar surface area (TPSA) is 129 Å². The highest BCUT2D eigenvalue weighted by Crippen LogP contribution is 2.58. The number of benzene rings is 3. The average molecular weight is 621 g/mol. The molecule has 0 aromatic heterocycles. The van der Waals surface area contributed by atoms with Crippen molar-refractivity contribution in [2.75, 3.05) is 9.80 Å². The van der Waals surface area contributed by atoms with E-state index in [0.717, 1.165) is 15.9 Å². The Morgan fingerprint density at radius 3 is 1.74 bits per heavy atom. The summed E-state index contributed by atoms with van der Waals surface area (Å²) in [6.07, 6.45) is 2.21. The number of fused-ring (bicyclic) bond motifs is 4. The van der Waals surface area contributed by atoms with Crippen molar-refractivity contribution < 1.29 is 38.3 Å². The van der Waals surface area contributed by atoms with E-state index in [1.54, 1.807) is 36.4 Å². The quantitative estimate of drug-likeness (QED) is 0.242. The Bertz CT molecular complexity index is 1900. The number of ketones is 2. The van der Waals surface area contributed by atoms with Crippen LogP contribution in [0.1, 0.15) is 58.9 Å². The van der Waals surface area contributed by atoms with E-state index in [1.807, 2.05) is 6.08 Å². The van der Waals surface area contributed by atoms with Crippen LogP contribution in [0.15, 0.2) is 78.4 Å². The highest BCUT2D eigenvalue weighted by molar-refractivity contribution is 6.24. The zero-order valence-corrected chi connectivity index (χ0v) is 25.0. The number of carbonyl (C=O) groups is 6. The third-order valence-corrected chi connectivity index (χ3v) is 10.0. The van der Waals surface area contributed by atoms with E-state index < -0.39 is 64.8 Å². The summed E-state index contributed by atoms with van der Waals surface area (Å²) in [5.74, 6) is -8.17. The lowest BCUT2D eigenvalue weighted by Gasteiger charge is -2.44. The molecule has 232 valence electrons. The van der Waals surface area contributed by atoms with Crippen LogP contribution in [0.5, 0.6) is 5.75 Å². The molecular weight excluding hydrogens is 591 g/mol. The second-order valence-corrected chi connectivity index (χ2v) is 12.5. The van der Waals surface area contributed by atoms with Gasteiger partial charge in [-0.15, -0.1) is 0 Å². The summed E-state index contributed by atoms with van der Waals surface area (Å²) in [6, 6.07) is 16.3. The molecule has 6 atom stereocenters. The number of hydrogen-bond acceptors (Lipinski definition) is 7. The fraction of sp³-hybridized carbons (Fsp3) is 0.278. The first-order valence-corrected chi connectivity index (χ1v) is 15.1. The zero-order valence-electron chi connectivity index (χ0n) is 25.0. The second kappa shape index (κ2) is 10.7. The first kappa shape index (κ1) is 29.5. The Morgan fingerprint density at radius 1 is 0.696 bits per heavy atom. The standard InChI is InChI=1S/C36H29FN2O7/c1-17(40)19-3-8-22(9-4-19)38-33(43)25-13-12-24-26(31(25)35(38)45)16-27-32(30(24)21-7-14-29(42)28(37)15-21)36(46)39(34(27)44)23-10-5-20(6-11-23)18(2)41/h3-12,14-15,25-27,30-32,42H,13,16H2,1-2H3. The number of allylic oxidation sites excluding steroid dienone is 2. The predicted molar refractivity (Wildman–Crippen MR) is 163 cm³/mol. The van der Waals surface area contributed by atoms with E-state index in [2.05, 4.69) is 0 Å². The lowest BCUT2D eigenvalue weighted by molar-refractivity contribution is -0.126. The van der Waals surface area contributed by atoms with E-state index in [-0.39, 0.29) is 30.3 Å². The number of carbonyl (C=O) groups excluding carboxylic acids is 6. The van der Waals surface area contributed by atoms with Gasteiger partial charge in [-0.2, -0.15) is 0 Å². The smallest absolute Gasteiger partial charge is 0.238 e. The maximum atomic E-state index is 14.8. The van der Waals surface area contributed by atoms with Crippen molar-refractivity contribution in [1.29, 1.82) is 0 Å². The summed E-state index contributed by atoms with van der Waals surface area (Å²) >= 11 is 0. The van der Waals surface area contributed by atoms with E-state index in [1.165, 1.54) is 38.1 Å². The Hall–Kier alpha value is -5.25. The van der Waals surface area contributed by atoms with Crippen LogP contribution in [0.2, 0.25) is 0 Å². The number of Topliss-reactive ketones (excluding diaryl/α,β-unsaturated/α-hetero) is 2. The van der Waals surface area contributed by atoms with E-state index in [4.69, 9.17) is 0 Å². The third kappa shape index (κ3) is 4.34. The number of rotatable bonds is 5. The molecule has 2 saturated heterocycles. The lowest BCUT2D eigenvalue weighted by atomic mass is 9.57. The van der Waals surface area contributed by atoms with Gasteiger partial charge in [-0.05, 0) is 98.8 Å². The number of halogens is 1. The largest absolute Gasteiger partial charge is 0.505 e. The molecule has 3 aromatic carbocycles. The molecule has 2 aliphatic heterocycles. The van der Waals surface area contributed by atoms with Gasteiger partial charge in [-0.1, -0.05) is 17.7 Å². The molecule has 10 heteroatoms. The van der Waals surface area contributed by atoms with Crippen LogP contribution in [0.4, 0.5) is 15.8 Å². The van der Waals surface area contributed by atoms with Gasteiger partial charge in [0.05, 0.1) is 35.0 Å². The number of hydrogen-bond donors (Lipinski definition) is 1. The van der Waals surface area contributed by atoms with E-state index >= 15 is 0 Å². The first-order valence-electron chi connectivity index (χ1n) is 15.1. The average Bonchev–Trinajstić information content (AvgIpc) is 3.45. The van der Waals surface area contributed by atoms with Crippen molar-refractivity contribution in [1.82, 2.24) is 0 Å². The Kier molecular flexibility index (Phi) is 6.84. The number of phenolic OH excluding ortho intramolecular Hbond substituents is 1. The van der Waals surface area contributed by atoms with Gasteiger partial charge in [0.25, 0.3) is 0 Å². The third-order valence-electron chi connectivity index (χ3n) is 10.0. The monoisotopic (exact) mass is 620 g/mol. The molecule has 2 aliphatic carbocycles. The molecule has 4 amide bonds. The van der Waals surface area contributed by atoms with Gasteiger partial charge in [-0.3, -0.25) is 38.6 Å². The molecule has 2 heterocycles. The van der Waals surface area contributed by atoms with Gasteiger partial charge in [0, 0.05) is 17.0 Å². The summed E-state index contributed by atoms with van der Waals surface area (Å²) in [5.41, 5.74) is 2.57. The minimum atomic E-state index is -0.912.